The molecule has 0 bridgehead atoms. The van der Waals surface area contributed by atoms with E-state index in [-0.39, 0.29) is 18.6 Å². The lowest BCUT2D eigenvalue weighted by atomic mass is 10.1. The predicted molar refractivity (Wildman–Crippen MR) is 85.9 cm³/mol. The van der Waals surface area contributed by atoms with E-state index in [1.807, 2.05) is 5.32 Å². The highest BCUT2D eigenvalue weighted by atomic mass is 32.1. The number of carbonyl (C=O) groups is 6. The van der Waals surface area contributed by atoms with Crippen molar-refractivity contribution in [1.29, 1.82) is 0 Å². The Morgan fingerprint density at radius 1 is 1.00 bits per heavy atom. The van der Waals surface area contributed by atoms with Crippen LogP contribution in [0.1, 0.15) is 19.8 Å². The predicted octanol–water partition coefficient (Wildman–Crippen LogP) is -2.46. The maximum Gasteiger partial charge on any atom is 0.326 e. The molecule has 0 fully saturated rings. The van der Waals surface area contributed by atoms with Gasteiger partial charge in [0, 0.05) is 19.1 Å². The van der Waals surface area contributed by atoms with Crippen LogP contribution in [0.15, 0.2) is 0 Å². The third-order valence-electron chi connectivity index (χ3n) is 2.83. The first kappa shape index (κ1) is 22.4. The second-order valence-corrected chi connectivity index (χ2v) is 5.24. The van der Waals surface area contributed by atoms with Crippen LogP contribution in [0.3, 0.4) is 0 Å². The van der Waals surface area contributed by atoms with Crippen LogP contribution in [0.5, 0.6) is 0 Å². The average molecular weight is 377 g/mol. The van der Waals surface area contributed by atoms with Crippen LogP contribution in [0.4, 0.5) is 0 Å². The zero-order valence-corrected chi connectivity index (χ0v) is 14.2. The van der Waals surface area contributed by atoms with Gasteiger partial charge in [-0.1, -0.05) is 0 Å². The third-order valence-corrected chi connectivity index (χ3v) is 3.20. The highest BCUT2D eigenvalue weighted by molar-refractivity contribution is 7.80. The summed E-state index contributed by atoms with van der Waals surface area (Å²) in [6.07, 6.45) is -0.665. The number of thiol groups is 1. The number of ketones is 1. The lowest BCUT2D eigenvalue weighted by Gasteiger charge is -2.17. The maximum absolute atomic E-state index is 11.8. The zero-order chi connectivity index (χ0) is 19.6. The Hall–Kier alpha value is -2.63. The van der Waals surface area contributed by atoms with Gasteiger partial charge in [0.2, 0.25) is 17.6 Å². The van der Waals surface area contributed by atoms with Crippen molar-refractivity contribution in [3.63, 3.8) is 0 Å². The second-order valence-electron chi connectivity index (χ2n) is 4.87. The molecule has 0 saturated heterocycles. The van der Waals surface area contributed by atoms with Gasteiger partial charge in [-0.3, -0.25) is 24.0 Å². The van der Waals surface area contributed by atoms with Crippen LogP contribution < -0.4 is 16.0 Å². The molecule has 0 aromatic carbocycles. The summed E-state index contributed by atoms with van der Waals surface area (Å²) < 4.78 is 0. The molecule has 0 radical (unpaired) electrons. The monoisotopic (exact) mass is 377 g/mol. The zero-order valence-electron chi connectivity index (χ0n) is 13.3. The molecule has 3 amide bonds. The van der Waals surface area contributed by atoms with Gasteiger partial charge in [-0.2, -0.15) is 12.6 Å². The molecule has 0 aromatic heterocycles. The summed E-state index contributed by atoms with van der Waals surface area (Å²) in [7, 11) is 0. The lowest BCUT2D eigenvalue weighted by Crippen LogP contribution is -2.49. The second kappa shape index (κ2) is 11.0. The van der Waals surface area contributed by atoms with E-state index in [4.69, 9.17) is 10.2 Å². The molecule has 5 N–H and O–H groups in total. The Balaban J connectivity index is 4.56. The number of hydrogen-bond donors (Lipinski definition) is 6. The van der Waals surface area contributed by atoms with Crippen LogP contribution >= 0.6 is 12.6 Å². The third kappa shape index (κ3) is 9.30. The fourth-order valence-corrected chi connectivity index (χ4v) is 1.80. The van der Waals surface area contributed by atoms with E-state index in [2.05, 4.69) is 23.3 Å². The van der Waals surface area contributed by atoms with Crippen molar-refractivity contribution in [3.05, 3.63) is 0 Å². The molecular formula is C13H19N3O8S. The number of carboxylic acids is 2. The highest BCUT2D eigenvalue weighted by Gasteiger charge is 2.24. The molecule has 11 nitrogen and oxygen atoms in total. The number of rotatable bonds is 11. The summed E-state index contributed by atoms with van der Waals surface area (Å²) in [5.74, 6) is -6.22. The minimum Gasteiger partial charge on any atom is -0.480 e. The van der Waals surface area contributed by atoms with E-state index < -0.39 is 54.1 Å². The fraction of sp³-hybridized carbons (Fsp3) is 0.538. The normalized spacial score (nSPS) is 12.4. The van der Waals surface area contributed by atoms with Crippen LogP contribution in [0.2, 0.25) is 0 Å². The molecule has 0 aliphatic carbocycles. The summed E-state index contributed by atoms with van der Waals surface area (Å²) in [6, 6.07) is -2.55. The number of nitrogens with one attached hydrogen (secondary N) is 3. The van der Waals surface area contributed by atoms with Crippen LogP contribution in [0.25, 0.3) is 0 Å². The Morgan fingerprint density at radius 2 is 1.60 bits per heavy atom. The van der Waals surface area contributed by atoms with Crippen LogP contribution in [0, 0.1) is 0 Å². The van der Waals surface area contributed by atoms with E-state index in [0.717, 1.165) is 6.92 Å². The number of carboxylic acid groups (broad SMARTS) is 2. The molecule has 2 atom stereocenters. The molecule has 25 heavy (non-hydrogen) atoms. The van der Waals surface area contributed by atoms with Crippen molar-refractivity contribution in [2.75, 3.05) is 12.3 Å². The van der Waals surface area contributed by atoms with Gasteiger partial charge >= 0.3 is 11.9 Å². The smallest absolute Gasteiger partial charge is 0.326 e. The first-order chi connectivity index (χ1) is 11.6. The van der Waals surface area contributed by atoms with Crippen molar-refractivity contribution >= 4 is 48.1 Å². The summed E-state index contributed by atoms with van der Waals surface area (Å²) in [6.45, 7) is 0.338. The number of amides is 3. The number of carbonyl (C=O) groups excluding carboxylic acids is 4. The van der Waals surface area contributed by atoms with Gasteiger partial charge < -0.3 is 26.2 Å². The molecule has 0 unspecified atom stereocenters. The van der Waals surface area contributed by atoms with E-state index in [1.54, 1.807) is 0 Å². The van der Waals surface area contributed by atoms with Gasteiger partial charge in [0.25, 0.3) is 5.91 Å². The number of aliphatic carboxylic acids is 2. The number of Topliss-reactive ketones (excluding diaryl/α,β-unsaturated/α-hetero) is 1. The minimum atomic E-state index is -1.45. The van der Waals surface area contributed by atoms with Crippen molar-refractivity contribution in [2.24, 2.45) is 0 Å². The van der Waals surface area contributed by atoms with E-state index in [0.29, 0.717) is 0 Å². The van der Waals surface area contributed by atoms with Gasteiger partial charge in [0.15, 0.2) is 0 Å². The Morgan fingerprint density at radius 3 is 2.04 bits per heavy atom. The molecule has 0 saturated carbocycles. The SMILES string of the molecule is CC(=O)C(=O)N[C@@H](CCC(=O)N[C@@H](CS)C(=O)NCC(=O)O)C(=O)O. The van der Waals surface area contributed by atoms with Gasteiger partial charge in [-0.25, -0.2) is 4.79 Å². The Bertz CT molecular complexity index is 565. The standard InChI is InChI=1S/C13H19N3O8S/c1-6(17)11(21)16-7(13(23)24)2-3-9(18)15-8(5-25)12(22)14-4-10(19)20/h7-8,25H,2-5H2,1H3,(H,14,22)(H,15,18)(H,16,21)(H,19,20)(H,23,24)/t7-,8-/m0/s1. The first-order valence-corrected chi connectivity index (χ1v) is 7.65. The molecule has 0 spiro atoms. The topological polar surface area (TPSA) is 179 Å². The molecule has 0 rings (SSSR count). The number of hydrogen-bond acceptors (Lipinski definition) is 7. The lowest BCUT2D eigenvalue weighted by molar-refractivity contribution is -0.144. The minimum absolute atomic E-state index is 0.110. The molecule has 12 heteroatoms. The van der Waals surface area contributed by atoms with Crippen molar-refractivity contribution in [1.82, 2.24) is 16.0 Å². The molecule has 0 aliphatic heterocycles. The summed E-state index contributed by atoms with van der Waals surface area (Å²) >= 11 is 3.87. The summed E-state index contributed by atoms with van der Waals surface area (Å²) in [5.41, 5.74) is 0. The quantitative estimate of drug-likeness (QED) is 0.169. The summed E-state index contributed by atoms with van der Waals surface area (Å²) in [4.78, 5) is 66.9. The molecule has 0 heterocycles. The van der Waals surface area contributed by atoms with Gasteiger partial charge in [0.1, 0.15) is 18.6 Å². The van der Waals surface area contributed by atoms with Crippen LogP contribution in [-0.4, -0.2) is 70.0 Å². The Labute approximate surface area is 147 Å². The van der Waals surface area contributed by atoms with E-state index in [1.165, 1.54) is 0 Å². The highest BCUT2D eigenvalue weighted by Crippen LogP contribution is 2.00. The largest absolute Gasteiger partial charge is 0.480 e. The van der Waals surface area contributed by atoms with Crippen molar-refractivity contribution < 1.29 is 39.0 Å². The summed E-state index contributed by atoms with van der Waals surface area (Å²) in [5, 5.41) is 23.7. The van der Waals surface area contributed by atoms with E-state index >= 15 is 0 Å². The maximum atomic E-state index is 11.8. The van der Waals surface area contributed by atoms with Gasteiger partial charge in [-0.05, 0) is 6.42 Å². The fourth-order valence-electron chi connectivity index (χ4n) is 1.54. The van der Waals surface area contributed by atoms with Crippen LogP contribution in [-0.2, 0) is 28.8 Å². The van der Waals surface area contributed by atoms with Gasteiger partial charge in [-0.15, -0.1) is 0 Å². The van der Waals surface area contributed by atoms with Gasteiger partial charge in [0.05, 0.1) is 0 Å². The molecular weight excluding hydrogens is 358 g/mol. The Kier molecular flexibility index (Phi) is 9.86. The average Bonchev–Trinajstić information content (AvgIpc) is 2.53. The van der Waals surface area contributed by atoms with E-state index in [9.17, 15) is 28.8 Å². The van der Waals surface area contributed by atoms with Crippen molar-refractivity contribution in [2.45, 2.75) is 31.8 Å². The molecule has 0 aromatic rings. The van der Waals surface area contributed by atoms with Crippen molar-refractivity contribution in [3.8, 4) is 0 Å². The molecule has 0 aliphatic rings. The first-order valence-electron chi connectivity index (χ1n) is 7.02. The molecule has 140 valence electrons.